The molecule has 1 aromatic carbocycles. The number of oxime groups is 1. The first-order valence-electron chi connectivity index (χ1n) is 5.50. The number of ether oxygens (including phenoxy) is 1. The zero-order valence-corrected chi connectivity index (χ0v) is 10.6. The van der Waals surface area contributed by atoms with Crippen LogP contribution in [0, 0.1) is 0 Å². The molecular weight excluding hydrogens is 256 g/mol. The second kappa shape index (κ2) is 7.55. The third-order valence-corrected chi connectivity index (χ3v) is 2.53. The minimum Gasteiger partial charge on any atom is -0.462 e. The number of nitrogens with two attached hydrogens (primary N) is 1. The van der Waals surface area contributed by atoms with Crippen molar-refractivity contribution in [3.05, 3.63) is 35.4 Å². The number of halogens is 1. The molecule has 5 nitrogen and oxygen atoms in total. The summed E-state index contributed by atoms with van der Waals surface area (Å²) in [5.41, 5.74) is 6.27. The summed E-state index contributed by atoms with van der Waals surface area (Å²) in [7, 11) is 0. The summed E-state index contributed by atoms with van der Waals surface area (Å²) in [5.74, 6) is 0.0697. The first-order chi connectivity index (χ1) is 8.69. The van der Waals surface area contributed by atoms with E-state index in [2.05, 4.69) is 5.16 Å². The average Bonchev–Trinajstić information content (AvgIpc) is 2.42. The van der Waals surface area contributed by atoms with Crippen molar-refractivity contribution in [2.24, 2.45) is 10.9 Å². The lowest BCUT2D eigenvalue weighted by molar-refractivity contribution is 0.0500. The van der Waals surface area contributed by atoms with Gasteiger partial charge in [-0.05, 0) is 25.0 Å². The van der Waals surface area contributed by atoms with Gasteiger partial charge in [0.05, 0.1) is 12.2 Å². The molecule has 3 N–H and O–H groups in total. The van der Waals surface area contributed by atoms with E-state index in [-0.39, 0.29) is 5.84 Å². The molecule has 1 rings (SSSR count). The van der Waals surface area contributed by atoms with Crippen molar-refractivity contribution in [1.82, 2.24) is 0 Å². The minimum atomic E-state index is -0.433. The summed E-state index contributed by atoms with van der Waals surface area (Å²) in [6.45, 7) is 0.333. The molecule has 98 valence electrons. The van der Waals surface area contributed by atoms with Gasteiger partial charge in [0.1, 0.15) is 0 Å². The summed E-state index contributed by atoms with van der Waals surface area (Å²) < 4.78 is 5.06. The second-order valence-corrected chi connectivity index (χ2v) is 3.98. The van der Waals surface area contributed by atoms with Gasteiger partial charge < -0.3 is 15.7 Å². The van der Waals surface area contributed by atoms with Gasteiger partial charge in [-0.15, -0.1) is 11.6 Å². The summed E-state index contributed by atoms with van der Waals surface area (Å²) >= 11 is 5.51. The largest absolute Gasteiger partial charge is 0.462 e. The Morgan fingerprint density at radius 2 is 2.11 bits per heavy atom. The number of hydrogen-bond donors (Lipinski definition) is 2. The molecule has 6 heteroatoms. The first-order valence-corrected chi connectivity index (χ1v) is 6.03. The zero-order valence-electron chi connectivity index (χ0n) is 9.80. The molecule has 0 saturated carbocycles. The lowest BCUT2D eigenvalue weighted by Crippen LogP contribution is -2.14. The highest BCUT2D eigenvalue weighted by Gasteiger charge is 2.09. The topological polar surface area (TPSA) is 84.9 Å². The van der Waals surface area contributed by atoms with Crippen molar-refractivity contribution < 1.29 is 14.7 Å². The fraction of sp³-hybridized carbons (Fsp3) is 0.333. The highest BCUT2D eigenvalue weighted by Crippen LogP contribution is 2.07. The Bertz CT molecular complexity index is 435. The third kappa shape index (κ3) is 4.25. The molecule has 18 heavy (non-hydrogen) atoms. The number of esters is 1. The number of hydrogen-bond acceptors (Lipinski definition) is 4. The van der Waals surface area contributed by atoms with Gasteiger partial charge in [-0.2, -0.15) is 0 Å². The molecule has 0 saturated heterocycles. The zero-order chi connectivity index (χ0) is 13.4. The van der Waals surface area contributed by atoms with Crippen molar-refractivity contribution in [1.29, 1.82) is 0 Å². The Morgan fingerprint density at radius 3 is 2.78 bits per heavy atom. The summed E-state index contributed by atoms with van der Waals surface area (Å²) in [5, 5.41) is 11.4. The Morgan fingerprint density at radius 1 is 1.39 bits per heavy atom. The van der Waals surface area contributed by atoms with Crippen LogP contribution in [-0.2, 0) is 4.74 Å². The van der Waals surface area contributed by atoms with E-state index in [9.17, 15) is 4.79 Å². The van der Waals surface area contributed by atoms with Gasteiger partial charge in [0.2, 0.25) is 0 Å². The van der Waals surface area contributed by atoms with E-state index in [1.807, 2.05) is 0 Å². The lowest BCUT2D eigenvalue weighted by atomic mass is 10.1. The monoisotopic (exact) mass is 270 g/mol. The van der Waals surface area contributed by atoms with Crippen molar-refractivity contribution in [2.75, 3.05) is 12.5 Å². The number of alkyl halides is 1. The van der Waals surface area contributed by atoms with Crippen molar-refractivity contribution in [2.45, 2.75) is 12.8 Å². The van der Waals surface area contributed by atoms with Crippen LogP contribution in [0.3, 0.4) is 0 Å². The van der Waals surface area contributed by atoms with Crippen LogP contribution in [0.15, 0.2) is 29.4 Å². The molecule has 0 amide bonds. The van der Waals surface area contributed by atoms with E-state index in [0.717, 1.165) is 12.8 Å². The van der Waals surface area contributed by atoms with Crippen LogP contribution >= 0.6 is 11.6 Å². The maximum absolute atomic E-state index is 11.7. The molecule has 0 heterocycles. The number of nitrogens with zero attached hydrogens (tertiary/aromatic N) is 1. The quantitative estimate of drug-likeness (QED) is 0.157. The van der Waals surface area contributed by atoms with Crippen LogP contribution in [0.2, 0.25) is 0 Å². The van der Waals surface area contributed by atoms with Gasteiger partial charge in [-0.3, -0.25) is 0 Å². The minimum absolute atomic E-state index is 0.0493. The molecule has 0 unspecified atom stereocenters. The van der Waals surface area contributed by atoms with Gasteiger partial charge in [0.15, 0.2) is 5.84 Å². The van der Waals surface area contributed by atoms with E-state index in [4.69, 9.17) is 27.3 Å². The molecule has 0 radical (unpaired) electrons. The van der Waals surface area contributed by atoms with Crippen molar-refractivity contribution in [3.8, 4) is 0 Å². The SMILES string of the molecule is N/C(=N/O)c1cccc(C(=O)OCCCCCl)c1. The fourth-order valence-electron chi connectivity index (χ4n) is 1.31. The highest BCUT2D eigenvalue weighted by molar-refractivity contribution is 6.17. The molecular formula is C12H15ClN2O3. The molecule has 0 aliphatic heterocycles. The van der Waals surface area contributed by atoms with Gasteiger partial charge in [0.25, 0.3) is 0 Å². The summed E-state index contributed by atoms with van der Waals surface area (Å²) in [4.78, 5) is 11.7. The standard InChI is InChI=1S/C12H15ClN2O3/c13-6-1-2-7-18-12(16)10-5-3-4-9(8-10)11(14)15-17/h3-5,8,17H,1-2,6-7H2,(H2,14,15). The molecule has 0 aliphatic carbocycles. The van der Waals surface area contributed by atoms with E-state index in [0.29, 0.717) is 23.6 Å². The average molecular weight is 271 g/mol. The first kappa shape index (κ1) is 14.3. The van der Waals surface area contributed by atoms with E-state index in [1.165, 1.54) is 6.07 Å². The van der Waals surface area contributed by atoms with Gasteiger partial charge >= 0.3 is 5.97 Å². The Balaban J connectivity index is 2.63. The third-order valence-electron chi connectivity index (χ3n) is 2.26. The number of rotatable bonds is 6. The summed E-state index contributed by atoms with van der Waals surface area (Å²) in [6, 6.07) is 6.40. The normalized spacial score (nSPS) is 11.3. The van der Waals surface area contributed by atoms with Crippen molar-refractivity contribution in [3.63, 3.8) is 0 Å². The van der Waals surface area contributed by atoms with Crippen LogP contribution in [0.1, 0.15) is 28.8 Å². The smallest absolute Gasteiger partial charge is 0.338 e. The van der Waals surface area contributed by atoms with Crippen LogP contribution in [0.4, 0.5) is 0 Å². The molecule has 0 aromatic heterocycles. The maximum atomic E-state index is 11.7. The Kier molecular flexibility index (Phi) is 6.00. The number of carbonyl (C=O) groups is 1. The van der Waals surface area contributed by atoms with E-state index < -0.39 is 5.97 Å². The molecule has 0 fully saturated rings. The number of benzene rings is 1. The highest BCUT2D eigenvalue weighted by atomic mass is 35.5. The lowest BCUT2D eigenvalue weighted by Gasteiger charge is -2.05. The molecule has 0 aliphatic rings. The van der Waals surface area contributed by atoms with Gasteiger partial charge in [-0.25, -0.2) is 4.79 Å². The fourth-order valence-corrected chi connectivity index (χ4v) is 1.50. The molecule has 1 aromatic rings. The van der Waals surface area contributed by atoms with E-state index in [1.54, 1.807) is 18.2 Å². The predicted molar refractivity (Wildman–Crippen MR) is 69.2 cm³/mol. The number of unbranched alkanes of at least 4 members (excludes halogenated alkanes) is 1. The molecule has 0 spiro atoms. The predicted octanol–water partition coefficient (Wildman–Crippen LogP) is 1.96. The van der Waals surface area contributed by atoms with Crippen LogP contribution in [0.25, 0.3) is 0 Å². The summed E-state index contributed by atoms with van der Waals surface area (Å²) in [6.07, 6.45) is 1.54. The van der Waals surface area contributed by atoms with Crippen LogP contribution in [-0.4, -0.2) is 29.5 Å². The van der Waals surface area contributed by atoms with Crippen molar-refractivity contribution >= 4 is 23.4 Å². The Labute approximate surface area is 110 Å². The van der Waals surface area contributed by atoms with Gasteiger partial charge in [0, 0.05) is 11.4 Å². The Hall–Kier alpha value is -1.75. The molecule has 0 bridgehead atoms. The van der Waals surface area contributed by atoms with Gasteiger partial charge in [-0.1, -0.05) is 17.3 Å². The number of carbonyl (C=O) groups excluding carboxylic acids is 1. The molecule has 0 atom stereocenters. The van der Waals surface area contributed by atoms with E-state index >= 15 is 0 Å². The number of amidine groups is 1. The van der Waals surface area contributed by atoms with Crippen LogP contribution in [0.5, 0.6) is 0 Å². The maximum Gasteiger partial charge on any atom is 0.338 e. The van der Waals surface area contributed by atoms with Crippen LogP contribution < -0.4 is 5.73 Å². The second-order valence-electron chi connectivity index (χ2n) is 3.60.